The molecule has 1 rings (SSSR count). The van der Waals surface area contributed by atoms with E-state index >= 15 is 0 Å². The van der Waals surface area contributed by atoms with Crippen molar-refractivity contribution >= 4 is 22.0 Å². The molecule has 0 saturated heterocycles. The first-order chi connectivity index (χ1) is 8.72. The average molecular weight is 308 g/mol. The summed E-state index contributed by atoms with van der Waals surface area (Å²) in [5.41, 5.74) is -0.258. The summed E-state index contributed by atoms with van der Waals surface area (Å²) in [4.78, 5) is 23.8. The molecule has 0 fully saturated rings. The minimum absolute atomic E-state index is 0. The highest BCUT2D eigenvalue weighted by molar-refractivity contribution is 7.80. The molecule has 0 aromatic rings. The van der Waals surface area contributed by atoms with E-state index in [-0.39, 0.29) is 30.1 Å². The van der Waals surface area contributed by atoms with E-state index < -0.39 is 28.6 Å². The first kappa shape index (κ1) is 18.3. The summed E-state index contributed by atoms with van der Waals surface area (Å²) in [7, 11) is -2.35. The molecule has 0 unspecified atom stereocenters. The van der Waals surface area contributed by atoms with Crippen molar-refractivity contribution in [2.24, 2.45) is 0 Å². The molecule has 0 heterocycles. The van der Waals surface area contributed by atoms with Crippen LogP contribution in [0.2, 0.25) is 0 Å². The molecule has 1 aliphatic rings. The summed E-state index contributed by atoms with van der Waals surface area (Å²) in [5.74, 6) is -1.96. The van der Waals surface area contributed by atoms with E-state index in [1.54, 1.807) is 0 Å². The van der Waals surface area contributed by atoms with Crippen LogP contribution in [0.25, 0.3) is 0 Å². The fourth-order valence-electron chi connectivity index (χ4n) is 1.50. The Morgan fingerprint density at radius 1 is 1.05 bits per heavy atom. The number of ketones is 2. The molecule has 0 saturated carbocycles. The highest BCUT2D eigenvalue weighted by Crippen LogP contribution is 2.25. The molecule has 8 nitrogen and oxygen atoms in total. The fraction of sp³-hybridized carbons (Fsp3) is 0.455. The van der Waals surface area contributed by atoms with Crippen molar-refractivity contribution in [1.82, 2.24) is 0 Å². The Hall–Kier alpha value is -1.71. The molecule has 114 valence electrons. The Labute approximate surface area is 117 Å². The molecule has 9 heteroatoms. The molecule has 0 atom stereocenters. The van der Waals surface area contributed by atoms with Gasteiger partial charge in [-0.15, -0.1) is 0 Å². The van der Waals surface area contributed by atoms with Gasteiger partial charge in [0.2, 0.25) is 23.1 Å². The fourth-order valence-corrected chi connectivity index (χ4v) is 1.77. The molecule has 0 aromatic heterocycles. The van der Waals surface area contributed by atoms with Crippen LogP contribution >= 0.6 is 0 Å². The number of ether oxygens (including phenoxy) is 2. The van der Waals surface area contributed by atoms with E-state index in [2.05, 4.69) is 4.18 Å². The third-order valence-corrected chi connectivity index (χ3v) is 2.86. The minimum atomic E-state index is -4.72. The Kier molecular flexibility index (Phi) is 6.07. The first-order valence-electron chi connectivity index (χ1n) is 4.96. The summed E-state index contributed by atoms with van der Waals surface area (Å²) in [6.45, 7) is 0.549. The number of hydrogen-bond donors (Lipinski definition) is 1. The Morgan fingerprint density at radius 3 is 1.90 bits per heavy atom. The van der Waals surface area contributed by atoms with Crippen molar-refractivity contribution in [2.45, 2.75) is 14.4 Å². The lowest BCUT2D eigenvalue weighted by atomic mass is 9.94. The van der Waals surface area contributed by atoms with E-state index in [0.717, 1.165) is 0 Å². The van der Waals surface area contributed by atoms with Gasteiger partial charge in [0.15, 0.2) is 0 Å². The normalized spacial score (nSPS) is 16.2. The predicted molar refractivity (Wildman–Crippen MR) is 68.0 cm³/mol. The van der Waals surface area contributed by atoms with Crippen molar-refractivity contribution in [1.29, 1.82) is 0 Å². The molecule has 20 heavy (non-hydrogen) atoms. The van der Waals surface area contributed by atoms with Crippen molar-refractivity contribution in [3.05, 3.63) is 22.7 Å². The zero-order valence-electron chi connectivity index (χ0n) is 10.4. The molecule has 0 spiro atoms. The number of rotatable bonds is 5. The molecule has 1 N–H and O–H groups in total. The monoisotopic (exact) mass is 308 g/mol. The van der Waals surface area contributed by atoms with Gasteiger partial charge in [-0.05, 0) is 6.92 Å². The summed E-state index contributed by atoms with van der Waals surface area (Å²) in [5, 5.41) is 0. The van der Waals surface area contributed by atoms with Crippen LogP contribution in [-0.4, -0.2) is 45.4 Å². The second-order valence-electron chi connectivity index (χ2n) is 3.52. The molecular weight excluding hydrogens is 292 g/mol. The van der Waals surface area contributed by atoms with Crippen LogP contribution in [0.1, 0.15) is 14.4 Å². The van der Waals surface area contributed by atoms with Gasteiger partial charge in [0.25, 0.3) is 0 Å². The highest BCUT2D eigenvalue weighted by Gasteiger charge is 2.35. The van der Waals surface area contributed by atoms with Crippen molar-refractivity contribution in [3.63, 3.8) is 0 Å². The Bertz CT molecular complexity index is 582. The van der Waals surface area contributed by atoms with E-state index in [1.165, 1.54) is 21.1 Å². The predicted octanol–water partition coefficient (Wildman–Crippen LogP) is 0.415. The van der Waals surface area contributed by atoms with Crippen LogP contribution in [0.3, 0.4) is 0 Å². The highest BCUT2D eigenvalue weighted by atomic mass is 32.3. The third-order valence-electron chi connectivity index (χ3n) is 2.45. The number of methoxy groups -OCH3 is 2. The lowest BCUT2D eigenvalue weighted by molar-refractivity contribution is -0.121. The second kappa shape index (κ2) is 6.64. The van der Waals surface area contributed by atoms with Gasteiger partial charge in [0.05, 0.1) is 20.8 Å². The smallest absolute Gasteiger partial charge is 0.397 e. The topological polar surface area (TPSA) is 116 Å². The third kappa shape index (κ3) is 3.65. The molecule has 1 aliphatic carbocycles. The zero-order valence-corrected chi connectivity index (χ0v) is 11.2. The Balaban J connectivity index is 0.00000361. The van der Waals surface area contributed by atoms with Gasteiger partial charge in [-0.1, -0.05) is 7.43 Å². The van der Waals surface area contributed by atoms with Gasteiger partial charge < -0.3 is 9.47 Å². The van der Waals surface area contributed by atoms with Crippen LogP contribution < -0.4 is 0 Å². The molecular formula is C11H16O8S. The van der Waals surface area contributed by atoms with Gasteiger partial charge in [-0.25, -0.2) is 4.18 Å². The molecule has 0 aliphatic heterocycles. The van der Waals surface area contributed by atoms with E-state index in [9.17, 15) is 18.0 Å². The largest absolute Gasteiger partial charge is 0.489 e. The van der Waals surface area contributed by atoms with Crippen molar-refractivity contribution in [3.8, 4) is 0 Å². The summed E-state index contributed by atoms with van der Waals surface area (Å²) >= 11 is 0. The van der Waals surface area contributed by atoms with Gasteiger partial charge in [-0.2, -0.15) is 8.42 Å². The number of carbonyl (C=O) groups excluding carboxylic acids is 2. The molecule has 0 radical (unpaired) electrons. The molecule has 0 bridgehead atoms. The standard InChI is InChI=1S/C10H12O8S.CH4/c1-5-6(4-18-19(13,14)15)8(12)10(17-3)9(16-2)7(5)11;/h4H2,1-3H3,(H,13,14,15);1H4. The van der Waals surface area contributed by atoms with Crippen LogP contribution in [0.15, 0.2) is 22.7 Å². The van der Waals surface area contributed by atoms with Gasteiger partial charge in [-0.3, -0.25) is 14.1 Å². The van der Waals surface area contributed by atoms with Crippen LogP contribution in [0.5, 0.6) is 0 Å². The Morgan fingerprint density at radius 2 is 1.50 bits per heavy atom. The van der Waals surface area contributed by atoms with Gasteiger partial charge in [0, 0.05) is 11.1 Å². The van der Waals surface area contributed by atoms with Crippen LogP contribution in [-0.2, 0) is 33.6 Å². The minimum Gasteiger partial charge on any atom is -0.489 e. The van der Waals surface area contributed by atoms with Crippen molar-refractivity contribution < 1.29 is 36.2 Å². The number of carbonyl (C=O) groups is 2. The lowest BCUT2D eigenvalue weighted by Crippen LogP contribution is -2.27. The summed E-state index contributed by atoms with van der Waals surface area (Å²) in [6.07, 6.45) is 0. The van der Waals surface area contributed by atoms with Crippen molar-refractivity contribution in [2.75, 3.05) is 20.8 Å². The van der Waals surface area contributed by atoms with Crippen LogP contribution in [0.4, 0.5) is 0 Å². The van der Waals surface area contributed by atoms with Gasteiger partial charge >= 0.3 is 10.4 Å². The number of hydrogen-bond acceptors (Lipinski definition) is 7. The molecule has 0 aromatic carbocycles. The van der Waals surface area contributed by atoms with E-state index in [1.807, 2.05) is 0 Å². The maximum atomic E-state index is 12.0. The van der Waals surface area contributed by atoms with Gasteiger partial charge in [0.1, 0.15) is 0 Å². The quantitative estimate of drug-likeness (QED) is 0.573. The number of allylic oxidation sites excluding steroid dienone is 2. The van der Waals surface area contributed by atoms with E-state index in [0.29, 0.717) is 0 Å². The maximum Gasteiger partial charge on any atom is 0.397 e. The van der Waals surface area contributed by atoms with Crippen LogP contribution in [0, 0.1) is 0 Å². The average Bonchev–Trinajstić information content (AvgIpc) is 2.31. The maximum absolute atomic E-state index is 12.0. The molecule has 0 amide bonds. The number of Topliss-reactive ketones (excluding diaryl/α,β-unsaturated/α-hetero) is 2. The summed E-state index contributed by atoms with van der Waals surface area (Å²) < 4.78 is 43.1. The first-order valence-corrected chi connectivity index (χ1v) is 6.32. The van der Waals surface area contributed by atoms with E-state index in [4.69, 9.17) is 14.0 Å². The SMILES string of the molecule is C.COC1=C(OC)C(=O)C(COS(=O)(=O)O)=C(C)C1=O. The summed E-state index contributed by atoms with van der Waals surface area (Å²) in [6, 6.07) is 0. The second-order valence-corrected chi connectivity index (χ2v) is 4.61. The zero-order chi connectivity index (χ0) is 14.8. The lowest BCUT2D eigenvalue weighted by Gasteiger charge is -2.19.